The molecule has 43 heteroatoms. The maximum absolute atomic E-state index is 14.2. The Morgan fingerprint density at radius 2 is 1.08 bits per heavy atom. The van der Waals surface area contributed by atoms with Crippen LogP contribution in [0.4, 0.5) is 45.9 Å². The lowest BCUT2D eigenvalue weighted by molar-refractivity contribution is -0.390. The van der Waals surface area contributed by atoms with E-state index in [-0.39, 0.29) is 171 Å². The molecule has 11 rings (SSSR count). The lowest BCUT2D eigenvalue weighted by atomic mass is 9.94. The molecule has 10 aromatic rings. The molecule has 42 nitrogen and oxygen atoms in total. The highest BCUT2D eigenvalue weighted by molar-refractivity contribution is 8.00. The Labute approximate surface area is 720 Å². The predicted octanol–water partition coefficient (Wildman–Crippen LogP) is 6.79. The van der Waals surface area contributed by atoms with Crippen molar-refractivity contribution in [3.05, 3.63) is 150 Å². The highest BCUT2D eigenvalue weighted by atomic mass is 32.2. The average molecular weight is 1740 g/mol. The number of aliphatic hydroxyl groups excluding tert-OH is 6. The van der Waals surface area contributed by atoms with Crippen LogP contribution < -0.4 is 47.0 Å². The minimum Gasteiger partial charge on any atom is -0.497 e. The third-order valence-electron chi connectivity index (χ3n) is 19.7. The fraction of sp³-hybridized carbons (Fsp3) is 0.354. The number of imide groups is 1. The van der Waals surface area contributed by atoms with Gasteiger partial charge in [0.2, 0.25) is 41.1 Å². The molecule has 2 atom stereocenters. The van der Waals surface area contributed by atoms with E-state index in [0.717, 1.165) is 41.0 Å². The first-order chi connectivity index (χ1) is 59.6. The molecule has 8 heterocycles. The fourth-order valence-corrected chi connectivity index (χ4v) is 14.4. The minimum absolute atomic E-state index is 0.00527. The Morgan fingerprint density at radius 1 is 0.560 bits per heavy atom. The molecule has 0 spiro atoms. The number of carboxylic acid groups (broad SMARTS) is 1. The van der Waals surface area contributed by atoms with E-state index in [4.69, 9.17) is 4.42 Å². The summed E-state index contributed by atoms with van der Waals surface area (Å²) in [6.45, 7) is 1.11. The second-order valence-corrected chi connectivity index (χ2v) is 31.2. The molecule has 1 aliphatic heterocycles. The monoisotopic (exact) mass is 1740 g/mol. The number of carboxylic acids is 1. The zero-order chi connectivity index (χ0) is 90.2. The van der Waals surface area contributed by atoms with Crippen LogP contribution in [0.1, 0.15) is 114 Å². The van der Waals surface area contributed by atoms with Gasteiger partial charge in [-0.25, -0.2) is 39.0 Å². The van der Waals surface area contributed by atoms with E-state index in [9.17, 15) is 74.1 Å². The lowest BCUT2D eigenvalue weighted by Crippen LogP contribution is -2.66. The van der Waals surface area contributed by atoms with E-state index >= 15 is 0 Å². The smallest absolute Gasteiger partial charge is 0.363 e. The summed E-state index contributed by atoms with van der Waals surface area (Å²) < 4.78 is 15.2. The maximum atomic E-state index is 14.2. The summed E-state index contributed by atoms with van der Waals surface area (Å²) in [6.07, 6.45) is 10.7. The van der Waals surface area contributed by atoms with Gasteiger partial charge in [0, 0.05) is 177 Å². The van der Waals surface area contributed by atoms with Gasteiger partial charge < -0.3 is 110 Å². The summed E-state index contributed by atoms with van der Waals surface area (Å²) in [5, 5.41) is 89.0. The van der Waals surface area contributed by atoms with Crippen molar-refractivity contribution in [2.24, 2.45) is 65.2 Å². The maximum Gasteiger partial charge on any atom is 0.363 e. The summed E-state index contributed by atoms with van der Waals surface area (Å²) in [5.74, 6) is -8.06. The van der Waals surface area contributed by atoms with Crippen LogP contribution >= 0.6 is 11.8 Å². The predicted molar refractivity (Wildman–Crippen MR) is 474 cm³/mol. The number of aromatic nitrogens is 10. The van der Waals surface area contributed by atoms with Crippen LogP contribution in [0.3, 0.4) is 0 Å². The van der Waals surface area contributed by atoms with Crippen molar-refractivity contribution in [3.63, 3.8) is 0 Å². The second kappa shape index (κ2) is 40.8. The number of hydrogen-bond donors (Lipinski definition) is 13. The number of benzene rings is 3. The SMILES string of the molecule is CN(C)CCCN=C(O)CCN=C(O)c1cc(NC(=O)c2nc(N=C(O)CCNC(=O)c3nc(N=C(O)CCNC(=O)c4cc(NC(=O)c5nc(N=C(O)CCNC(=O)c6nccn6C)cn5C)cn4CCCN=C(O)[C@@H]([NH3+])CSC4CC(=O)N(c5ccc(-c6c7ccc(N(C)C)cc7[o+]c7cc(N(C)C)ccc67)cc5C(=O)O)C4=O)cn3C)cn2C)cn1C. The Hall–Kier alpha value is -14.6. The molecular weight excluding hydrogens is 1640 g/mol. The molecule has 0 bridgehead atoms. The van der Waals surface area contributed by atoms with Gasteiger partial charge in [-0.05, 0) is 87.6 Å². The van der Waals surface area contributed by atoms with Gasteiger partial charge in [-0.3, -0.25) is 43.5 Å². The molecule has 3 aromatic carbocycles. The Balaban J connectivity index is 0.692. The molecule has 15 N–H and O–H groups in total. The standard InChI is InChI=1S/C82H98N26O16S/c1-99(2)31-12-24-84-64(109)20-26-87-75(115)56-35-47(40-103(56)8)91-79(119)72-97-62(43-105(72)10)95-67(112)23-29-90-78(118)71-96-61(42-104(71)9)93-65(110)21-27-88-76(116)57-36-48(92-80(120)73-98-63(44-106(73)11)94-66(111)22-28-89-77(117)70-85-30-33-102(70)7)41-107(57)32-13-25-86-74(114)54(83)45-125-60-39-68(113)108(81(60)121)55-19-14-46(34-53(55)82(122)123)69-51-17-15-49(100(3)4)37-58(51)124-59-38-50(101(5)6)16-18-52(59)69/h14-19,30,33-38,40-44,54,60H,12-13,20-29,31-32,39,45,83H2,1-11H3,(H11-,84,86,87,88,89,90,91,92,93,94,95,109,110,111,112,114,115,116,117,118,119,120,122,123)/p+2/t54-,60?/m0/s1. The van der Waals surface area contributed by atoms with Gasteiger partial charge in [0.15, 0.2) is 52.9 Å². The van der Waals surface area contributed by atoms with Gasteiger partial charge in [0.05, 0.1) is 81.7 Å². The molecular formula is C82H100N26O16S+2. The summed E-state index contributed by atoms with van der Waals surface area (Å²) >= 11 is 1.06. The van der Waals surface area contributed by atoms with Crippen LogP contribution in [0.25, 0.3) is 33.1 Å². The molecule has 658 valence electrons. The fourth-order valence-electron chi connectivity index (χ4n) is 13.3. The molecule has 0 radical (unpaired) electrons. The number of fused-ring (bicyclic) bond motifs is 2. The van der Waals surface area contributed by atoms with E-state index < -0.39 is 70.4 Å². The number of carbonyl (C=O) groups excluding carboxylic acids is 7. The van der Waals surface area contributed by atoms with Crippen molar-refractivity contribution >= 4 is 162 Å². The molecule has 7 aromatic heterocycles. The molecule has 1 fully saturated rings. The molecule has 125 heavy (non-hydrogen) atoms. The number of hydrogen-bond acceptors (Lipinski definition) is 22. The van der Waals surface area contributed by atoms with Crippen molar-refractivity contribution in [2.75, 3.05) is 119 Å². The van der Waals surface area contributed by atoms with E-state index in [2.05, 4.69) is 82.2 Å². The Morgan fingerprint density at radius 3 is 1.61 bits per heavy atom. The zero-order valence-corrected chi connectivity index (χ0v) is 71.5. The van der Waals surface area contributed by atoms with Crippen LogP contribution in [0.2, 0.25) is 0 Å². The zero-order valence-electron chi connectivity index (χ0n) is 70.7. The van der Waals surface area contributed by atoms with Gasteiger partial charge >= 0.3 is 17.1 Å². The van der Waals surface area contributed by atoms with Gasteiger partial charge in [-0.15, -0.1) is 11.8 Å². The Kier molecular flexibility index (Phi) is 29.8. The number of carbonyl (C=O) groups is 8. The Bertz CT molecular complexity index is 5870. The van der Waals surface area contributed by atoms with Crippen LogP contribution in [0, 0.1) is 0 Å². The summed E-state index contributed by atoms with van der Waals surface area (Å²) in [4.78, 5) is 157. The number of aryl methyl sites for hydroxylation is 6. The van der Waals surface area contributed by atoms with Crippen molar-refractivity contribution < 1.29 is 84.3 Å². The van der Waals surface area contributed by atoms with Gasteiger partial charge in [-0.2, -0.15) is 15.0 Å². The number of quaternary nitrogens is 1. The molecule has 0 saturated carbocycles. The van der Waals surface area contributed by atoms with E-state index in [1.165, 1.54) is 92.2 Å². The van der Waals surface area contributed by atoms with Crippen molar-refractivity contribution in [1.29, 1.82) is 0 Å². The van der Waals surface area contributed by atoms with Crippen molar-refractivity contribution in [1.82, 2.24) is 68.2 Å². The van der Waals surface area contributed by atoms with E-state index in [0.29, 0.717) is 51.0 Å². The normalized spacial score (nSPS) is 14.0. The molecule has 1 aliphatic rings. The van der Waals surface area contributed by atoms with E-state index in [1.54, 1.807) is 44.2 Å². The number of amides is 7. The van der Waals surface area contributed by atoms with Crippen LogP contribution in [-0.4, -0.2) is 276 Å². The van der Waals surface area contributed by atoms with Gasteiger partial charge in [-0.1, -0.05) is 6.07 Å². The van der Waals surface area contributed by atoms with Crippen LogP contribution in [0.5, 0.6) is 0 Å². The number of nitrogens with one attached hydrogen (secondary N) is 5. The first kappa shape index (κ1) is 91.1. The second-order valence-electron chi connectivity index (χ2n) is 30.0. The molecule has 1 unspecified atom stereocenters. The first-order valence-corrected chi connectivity index (χ1v) is 40.6. The van der Waals surface area contributed by atoms with Crippen LogP contribution in [0.15, 0.2) is 144 Å². The molecule has 0 aliphatic carbocycles. The quantitative estimate of drug-likeness (QED) is 0.00469. The van der Waals surface area contributed by atoms with Crippen LogP contribution in [-0.2, 0) is 51.4 Å². The van der Waals surface area contributed by atoms with E-state index in [1.807, 2.05) is 93.4 Å². The lowest BCUT2D eigenvalue weighted by Gasteiger charge is -2.19. The van der Waals surface area contributed by atoms with Crippen molar-refractivity contribution in [3.8, 4) is 11.1 Å². The van der Waals surface area contributed by atoms with Gasteiger partial charge in [0.25, 0.3) is 29.5 Å². The first-order valence-electron chi connectivity index (χ1n) is 39.5. The van der Waals surface area contributed by atoms with Gasteiger partial charge in [0.1, 0.15) is 11.4 Å². The number of aliphatic imine (C=N–C) groups is 6. The number of nitrogens with zero attached hydrogens (tertiary/aromatic N) is 20. The number of imidazole rings is 4. The number of aromatic carboxylic acids is 1. The number of rotatable bonds is 40. The largest absolute Gasteiger partial charge is 0.497 e. The third kappa shape index (κ3) is 23.2. The number of aliphatic hydroxyl groups is 6. The summed E-state index contributed by atoms with van der Waals surface area (Å²) in [7, 11) is 19.4. The summed E-state index contributed by atoms with van der Waals surface area (Å²) in [5.41, 5.74) is 8.52. The number of anilines is 5. The average Bonchev–Trinajstić information content (AvgIpc) is 1.37. The third-order valence-corrected chi connectivity index (χ3v) is 21.0. The summed E-state index contributed by atoms with van der Waals surface area (Å²) in [6, 6.07) is 18.1. The number of thioether (sulfide) groups is 1. The topological polar surface area (TPSA) is 546 Å². The van der Waals surface area contributed by atoms with Crippen molar-refractivity contribution in [2.45, 2.75) is 62.8 Å². The molecule has 7 amide bonds. The minimum atomic E-state index is -1.37. The highest BCUT2D eigenvalue weighted by Crippen LogP contribution is 2.42. The highest BCUT2D eigenvalue weighted by Gasteiger charge is 2.42. The molecule has 1 saturated heterocycles.